The number of benzene rings is 1. The van der Waals surface area contributed by atoms with E-state index in [0.29, 0.717) is 17.0 Å². The van der Waals surface area contributed by atoms with Crippen LogP contribution in [0, 0.1) is 0 Å². The van der Waals surface area contributed by atoms with Crippen LogP contribution in [0.1, 0.15) is 11.5 Å². The molecule has 0 aliphatic rings. The van der Waals surface area contributed by atoms with Gasteiger partial charge >= 0.3 is 0 Å². The third kappa shape index (κ3) is 3.88. The number of fused-ring (bicyclic) bond motifs is 1. The molecule has 2 aromatic heterocycles. The zero-order chi connectivity index (χ0) is 16.3. The minimum atomic E-state index is -1.72. The van der Waals surface area contributed by atoms with E-state index < -0.39 is 3.79 Å². The molecular weight excluding hydrogens is 357 g/mol. The Kier molecular flexibility index (Phi) is 4.61. The highest BCUT2D eigenvalue weighted by Gasteiger charge is 2.28. The average molecular weight is 367 g/mol. The number of pyridine rings is 1. The second-order valence-corrected chi connectivity index (χ2v) is 6.82. The van der Waals surface area contributed by atoms with Crippen LogP contribution in [0.4, 0.5) is 5.82 Å². The average Bonchev–Trinajstić information content (AvgIpc) is 2.55. The smallest absolute Gasteiger partial charge is 0.250 e. The summed E-state index contributed by atoms with van der Waals surface area (Å²) in [4.78, 5) is 12.7. The highest BCUT2D eigenvalue weighted by Crippen LogP contribution is 2.37. The fraction of sp³-hybridized carbons (Fsp3) is 0.0667. The first-order valence-corrected chi connectivity index (χ1v) is 7.71. The number of hydrogen-bond acceptors (Lipinski definition) is 5. The van der Waals surface area contributed by atoms with Crippen LogP contribution < -0.4 is 5.43 Å². The first-order chi connectivity index (χ1) is 11.0. The molecule has 0 bridgehead atoms. The zero-order valence-corrected chi connectivity index (χ0v) is 13.9. The van der Waals surface area contributed by atoms with Gasteiger partial charge in [0.2, 0.25) is 3.79 Å². The topological polar surface area (TPSA) is 63.1 Å². The van der Waals surface area contributed by atoms with Gasteiger partial charge in [-0.2, -0.15) is 5.10 Å². The van der Waals surface area contributed by atoms with E-state index in [2.05, 4.69) is 25.5 Å². The maximum Gasteiger partial charge on any atom is 0.250 e. The van der Waals surface area contributed by atoms with Gasteiger partial charge in [-0.25, -0.2) is 9.97 Å². The van der Waals surface area contributed by atoms with E-state index in [-0.39, 0.29) is 5.82 Å². The molecule has 0 aliphatic carbocycles. The normalized spacial score (nSPS) is 12.0. The Morgan fingerprint density at radius 1 is 1.00 bits per heavy atom. The first kappa shape index (κ1) is 15.9. The van der Waals surface area contributed by atoms with Crippen molar-refractivity contribution in [1.82, 2.24) is 15.0 Å². The van der Waals surface area contributed by atoms with Gasteiger partial charge in [0.25, 0.3) is 0 Å². The van der Waals surface area contributed by atoms with Crippen molar-refractivity contribution < 1.29 is 0 Å². The lowest BCUT2D eigenvalue weighted by molar-refractivity contribution is 0.992. The number of nitrogens with one attached hydrogen (secondary N) is 1. The van der Waals surface area contributed by atoms with Crippen molar-refractivity contribution in [3.63, 3.8) is 0 Å². The third-order valence-electron chi connectivity index (χ3n) is 2.91. The van der Waals surface area contributed by atoms with Crippen LogP contribution in [0.5, 0.6) is 0 Å². The van der Waals surface area contributed by atoms with Gasteiger partial charge in [-0.3, -0.25) is 10.4 Å². The number of anilines is 1. The summed E-state index contributed by atoms with van der Waals surface area (Å²) in [6.45, 7) is 0. The minimum Gasteiger partial charge on any atom is -0.261 e. The van der Waals surface area contributed by atoms with E-state index in [1.807, 2.05) is 42.5 Å². The van der Waals surface area contributed by atoms with Crippen LogP contribution in [0.15, 0.2) is 53.8 Å². The summed E-state index contributed by atoms with van der Waals surface area (Å²) in [6.07, 6.45) is 3.26. The van der Waals surface area contributed by atoms with Gasteiger partial charge in [0, 0.05) is 11.6 Å². The van der Waals surface area contributed by atoms with Crippen LogP contribution in [-0.2, 0) is 3.79 Å². The molecule has 2 heterocycles. The van der Waals surface area contributed by atoms with Crippen molar-refractivity contribution in [3.8, 4) is 0 Å². The second-order valence-electron chi connectivity index (χ2n) is 4.54. The first-order valence-electron chi connectivity index (χ1n) is 6.58. The van der Waals surface area contributed by atoms with Gasteiger partial charge in [-0.05, 0) is 24.3 Å². The largest absolute Gasteiger partial charge is 0.261 e. The van der Waals surface area contributed by atoms with E-state index in [4.69, 9.17) is 34.8 Å². The molecule has 5 nitrogen and oxygen atoms in total. The van der Waals surface area contributed by atoms with Gasteiger partial charge < -0.3 is 0 Å². The molecule has 0 saturated carbocycles. The van der Waals surface area contributed by atoms with Gasteiger partial charge in [0.05, 0.1) is 17.4 Å². The monoisotopic (exact) mass is 365 g/mol. The summed E-state index contributed by atoms with van der Waals surface area (Å²) in [6, 6.07) is 12.9. The van der Waals surface area contributed by atoms with E-state index in [0.717, 1.165) is 5.39 Å². The molecule has 23 heavy (non-hydrogen) atoms. The number of nitrogens with zero attached hydrogens (tertiary/aromatic N) is 4. The Bertz CT molecular complexity index is 847. The number of hydrazone groups is 1. The molecule has 0 unspecified atom stereocenters. The Hall–Kier alpha value is -1.95. The van der Waals surface area contributed by atoms with Gasteiger partial charge in [0.1, 0.15) is 0 Å². The van der Waals surface area contributed by atoms with E-state index in [1.54, 1.807) is 12.4 Å². The number of halogens is 3. The summed E-state index contributed by atoms with van der Waals surface area (Å²) < 4.78 is -1.72. The van der Waals surface area contributed by atoms with Gasteiger partial charge in [-0.1, -0.05) is 53.0 Å². The van der Waals surface area contributed by atoms with E-state index in [1.165, 1.54) is 0 Å². The molecule has 3 rings (SSSR count). The quantitative estimate of drug-likeness (QED) is 0.426. The maximum atomic E-state index is 5.89. The predicted molar refractivity (Wildman–Crippen MR) is 94.2 cm³/mol. The highest BCUT2D eigenvalue weighted by atomic mass is 35.6. The lowest BCUT2D eigenvalue weighted by Gasteiger charge is -2.12. The third-order valence-corrected chi connectivity index (χ3v) is 3.42. The molecule has 0 radical (unpaired) electrons. The van der Waals surface area contributed by atoms with Crippen molar-refractivity contribution >= 4 is 57.7 Å². The number of aromatic nitrogens is 3. The van der Waals surface area contributed by atoms with Crippen molar-refractivity contribution in [2.24, 2.45) is 5.10 Å². The summed E-state index contributed by atoms with van der Waals surface area (Å²) in [5.41, 5.74) is 4.21. The summed E-state index contributed by atoms with van der Waals surface area (Å²) in [5, 5.41) is 4.90. The Morgan fingerprint density at radius 2 is 1.78 bits per heavy atom. The molecule has 116 valence electrons. The fourth-order valence-corrected chi connectivity index (χ4v) is 2.15. The lowest BCUT2D eigenvalue weighted by Crippen LogP contribution is -2.09. The van der Waals surface area contributed by atoms with Crippen LogP contribution in [0.2, 0.25) is 0 Å². The van der Waals surface area contributed by atoms with Crippen LogP contribution >= 0.6 is 34.8 Å². The van der Waals surface area contributed by atoms with Crippen LogP contribution in [0.3, 0.4) is 0 Å². The second kappa shape index (κ2) is 6.66. The SMILES string of the molecule is ClC(Cl)(Cl)c1nc(N/N=C\c2ccccn2)c2ccccc2n1. The molecular formula is C15H10Cl3N5. The molecule has 0 aliphatic heterocycles. The maximum absolute atomic E-state index is 5.89. The van der Waals surface area contributed by atoms with E-state index >= 15 is 0 Å². The predicted octanol–water partition coefficient (Wildman–Crippen LogP) is 4.30. The highest BCUT2D eigenvalue weighted by molar-refractivity contribution is 6.66. The molecule has 1 N–H and O–H groups in total. The fourth-order valence-electron chi connectivity index (χ4n) is 1.90. The van der Waals surface area contributed by atoms with Crippen molar-refractivity contribution in [3.05, 3.63) is 60.2 Å². The Labute approximate surface area is 147 Å². The van der Waals surface area contributed by atoms with E-state index in [9.17, 15) is 0 Å². The number of rotatable bonds is 3. The molecule has 0 atom stereocenters. The van der Waals surface area contributed by atoms with Crippen LogP contribution in [-0.4, -0.2) is 21.2 Å². The molecule has 0 fully saturated rings. The number of alkyl halides is 3. The van der Waals surface area contributed by atoms with Gasteiger partial charge in [0.15, 0.2) is 11.6 Å². The zero-order valence-electron chi connectivity index (χ0n) is 11.6. The summed E-state index contributed by atoms with van der Waals surface area (Å²) in [5.74, 6) is 0.529. The van der Waals surface area contributed by atoms with Gasteiger partial charge in [-0.15, -0.1) is 0 Å². The van der Waals surface area contributed by atoms with Crippen molar-refractivity contribution in [1.29, 1.82) is 0 Å². The molecule has 0 amide bonds. The van der Waals surface area contributed by atoms with Crippen LogP contribution in [0.25, 0.3) is 10.9 Å². The number of hydrogen-bond donors (Lipinski definition) is 1. The Morgan fingerprint density at radius 3 is 2.52 bits per heavy atom. The standard InChI is InChI=1S/C15H10Cl3N5/c16-15(17,18)14-21-12-7-2-1-6-11(12)13(22-14)23-20-9-10-5-3-4-8-19-10/h1-9H,(H,21,22,23)/b20-9-. The molecule has 0 saturated heterocycles. The Balaban J connectivity index is 1.97. The summed E-state index contributed by atoms with van der Waals surface area (Å²) in [7, 11) is 0. The molecule has 0 spiro atoms. The molecule has 1 aromatic carbocycles. The summed E-state index contributed by atoms with van der Waals surface area (Å²) >= 11 is 17.7. The minimum absolute atomic E-state index is 0.0803. The lowest BCUT2D eigenvalue weighted by atomic mass is 10.2. The number of para-hydroxylation sites is 1. The van der Waals surface area contributed by atoms with Crippen molar-refractivity contribution in [2.75, 3.05) is 5.43 Å². The van der Waals surface area contributed by atoms with Crippen molar-refractivity contribution in [2.45, 2.75) is 3.79 Å². The molecule has 8 heteroatoms. The molecule has 3 aromatic rings.